The second-order valence-corrected chi connectivity index (χ2v) is 4.01. The summed E-state index contributed by atoms with van der Waals surface area (Å²) >= 11 is 3.31. The smallest absolute Gasteiger partial charge is 0.226 e. The first-order valence-electron chi connectivity index (χ1n) is 3.28. The number of halogens is 2. The lowest BCUT2D eigenvalue weighted by atomic mass is 10.1. The molecule has 2 rings (SSSR count). The second kappa shape index (κ2) is 1.94. The molecule has 0 aromatic carbocycles. The molecule has 1 amide bonds. The van der Waals surface area contributed by atoms with Crippen LogP contribution in [0.5, 0.6) is 0 Å². The third-order valence-corrected chi connectivity index (χ3v) is 3.19. The molecule has 56 valence electrons. The summed E-state index contributed by atoms with van der Waals surface area (Å²) in [4.78, 5) is 11.0. The Morgan fingerprint density at radius 1 is 1.70 bits per heavy atom. The number of rotatable bonds is 0. The Labute approximate surface area is 66.3 Å². The molecular weight excluding hydrogens is 201 g/mol. The summed E-state index contributed by atoms with van der Waals surface area (Å²) in [5, 5.41) is 2.59. The largest absolute Gasteiger partial charge is 0.349 e. The van der Waals surface area contributed by atoms with E-state index in [-0.39, 0.29) is 22.7 Å². The van der Waals surface area contributed by atoms with E-state index in [0.717, 1.165) is 0 Å². The number of nitrogens with one attached hydrogen (secondary N) is 1. The Bertz CT molecular complexity index is 187. The fourth-order valence-corrected chi connectivity index (χ4v) is 2.49. The highest BCUT2D eigenvalue weighted by Gasteiger charge is 2.52. The van der Waals surface area contributed by atoms with Crippen molar-refractivity contribution in [1.82, 2.24) is 5.32 Å². The monoisotopic (exact) mass is 207 g/mol. The summed E-state index contributed by atoms with van der Waals surface area (Å²) in [5.74, 6) is -0.498. The van der Waals surface area contributed by atoms with Crippen LogP contribution in [-0.4, -0.2) is 22.9 Å². The Balaban J connectivity index is 2.25. The average molecular weight is 208 g/mol. The fourth-order valence-electron chi connectivity index (χ4n) is 1.66. The molecule has 1 heterocycles. The van der Waals surface area contributed by atoms with Crippen molar-refractivity contribution in [1.29, 1.82) is 0 Å². The summed E-state index contributed by atoms with van der Waals surface area (Å²) in [6.07, 6.45) is -0.311. The molecule has 1 saturated heterocycles. The van der Waals surface area contributed by atoms with Crippen LogP contribution in [0.25, 0.3) is 0 Å². The molecule has 10 heavy (non-hydrogen) atoms. The van der Waals surface area contributed by atoms with E-state index in [1.165, 1.54) is 0 Å². The number of carbonyl (C=O) groups is 1. The van der Waals surface area contributed by atoms with Gasteiger partial charge in [-0.25, -0.2) is 4.39 Å². The van der Waals surface area contributed by atoms with Gasteiger partial charge in [0.15, 0.2) is 0 Å². The predicted octanol–water partition coefficient (Wildman–Crippen LogP) is 0.606. The van der Waals surface area contributed by atoms with Gasteiger partial charge >= 0.3 is 0 Å². The van der Waals surface area contributed by atoms with E-state index in [1.807, 2.05) is 0 Å². The minimum Gasteiger partial charge on any atom is -0.349 e. The zero-order chi connectivity index (χ0) is 7.30. The summed E-state index contributed by atoms with van der Waals surface area (Å²) in [6.45, 7) is 0. The summed E-state index contributed by atoms with van der Waals surface area (Å²) in [7, 11) is 0. The van der Waals surface area contributed by atoms with Gasteiger partial charge in [0, 0.05) is 4.83 Å². The van der Waals surface area contributed by atoms with Crippen LogP contribution in [0.2, 0.25) is 0 Å². The molecule has 2 nitrogen and oxygen atoms in total. The molecule has 1 saturated carbocycles. The molecule has 4 heteroatoms. The topological polar surface area (TPSA) is 29.1 Å². The van der Waals surface area contributed by atoms with Crippen LogP contribution in [-0.2, 0) is 4.79 Å². The van der Waals surface area contributed by atoms with E-state index in [9.17, 15) is 9.18 Å². The van der Waals surface area contributed by atoms with Crippen molar-refractivity contribution < 1.29 is 9.18 Å². The minimum absolute atomic E-state index is 0.117. The van der Waals surface area contributed by atoms with Crippen molar-refractivity contribution in [3.05, 3.63) is 0 Å². The van der Waals surface area contributed by atoms with E-state index < -0.39 is 6.17 Å². The zero-order valence-corrected chi connectivity index (χ0v) is 6.77. The van der Waals surface area contributed by atoms with Gasteiger partial charge in [0.1, 0.15) is 6.17 Å². The maximum absolute atomic E-state index is 13.0. The van der Waals surface area contributed by atoms with Gasteiger partial charge in [0.25, 0.3) is 0 Å². The first kappa shape index (κ1) is 6.58. The summed E-state index contributed by atoms with van der Waals surface area (Å²) in [6, 6.07) is -0.266. The molecule has 0 unspecified atom stereocenters. The maximum Gasteiger partial charge on any atom is 0.226 e. The van der Waals surface area contributed by atoms with Crippen LogP contribution in [0, 0.1) is 5.92 Å². The average Bonchev–Trinajstić information content (AvgIpc) is 2.26. The van der Waals surface area contributed by atoms with Crippen LogP contribution in [0.3, 0.4) is 0 Å². The number of amides is 1. The van der Waals surface area contributed by atoms with E-state index in [2.05, 4.69) is 21.2 Å². The third-order valence-electron chi connectivity index (χ3n) is 2.24. The van der Waals surface area contributed by atoms with Gasteiger partial charge in [-0.3, -0.25) is 4.79 Å². The lowest BCUT2D eigenvalue weighted by Gasteiger charge is -2.15. The Hall–Kier alpha value is -0.120. The molecule has 1 N–H and O–H groups in total. The highest BCUT2D eigenvalue weighted by atomic mass is 79.9. The number of piperidine rings is 1. The number of fused-ring (bicyclic) bond motifs is 2. The number of carbonyl (C=O) groups excluding carboxylic acids is 1. The second-order valence-electron chi connectivity index (χ2n) is 2.84. The quantitative estimate of drug-likeness (QED) is 0.580. The van der Waals surface area contributed by atoms with Crippen LogP contribution in [0.4, 0.5) is 4.39 Å². The summed E-state index contributed by atoms with van der Waals surface area (Å²) in [5.41, 5.74) is 0. The van der Waals surface area contributed by atoms with Crippen molar-refractivity contribution in [2.75, 3.05) is 0 Å². The number of hydrogen-bond acceptors (Lipinski definition) is 1. The van der Waals surface area contributed by atoms with Gasteiger partial charge in [-0.15, -0.1) is 0 Å². The molecule has 2 bridgehead atoms. The molecular formula is C6H7BrFNO. The summed E-state index contributed by atoms with van der Waals surface area (Å²) < 4.78 is 13.0. The Morgan fingerprint density at radius 2 is 2.40 bits per heavy atom. The molecule has 0 aromatic heterocycles. The highest BCUT2D eigenvalue weighted by molar-refractivity contribution is 9.09. The minimum atomic E-state index is -0.961. The SMILES string of the molecule is O=C1N[C@H]2[C@H](F)[C@@H]1C[C@@H]2Br. The van der Waals surface area contributed by atoms with Gasteiger partial charge in [0.2, 0.25) is 5.91 Å². The highest BCUT2D eigenvalue weighted by Crippen LogP contribution is 2.38. The molecule has 1 aliphatic heterocycles. The van der Waals surface area contributed by atoms with Gasteiger partial charge in [-0.05, 0) is 6.42 Å². The van der Waals surface area contributed by atoms with Crippen LogP contribution in [0.15, 0.2) is 0 Å². The van der Waals surface area contributed by atoms with E-state index >= 15 is 0 Å². The predicted molar refractivity (Wildman–Crippen MR) is 37.6 cm³/mol. The number of hydrogen-bond donors (Lipinski definition) is 1. The van der Waals surface area contributed by atoms with Crippen LogP contribution in [0.1, 0.15) is 6.42 Å². The van der Waals surface area contributed by atoms with Crippen LogP contribution >= 0.6 is 15.9 Å². The molecule has 0 radical (unpaired) electrons. The van der Waals surface area contributed by atoms with Gasteiger partial charge in [-0.1, -0.05) is 15.9 Å². The fraction of sp³-hybridized carbons (Fsp3) is 0.833. The Morgan fingerprint density at radius 3 is 2.70 bits per heavy atom. The third kappa shape index (κ3) is 0.654. The zero-order valence-electron chi connectivity index (χ0n) is 5.18. The van der Waals surface area contributed by atoms with E-state index in [0.29, 0.717) is 6.42 Å². The molecule has 2 fully saturated rings. The van der Waals surface area contributed by atoms with Gasteiger partial charge in [0.05, 0.1) is 12.0 Å². The van der Waals surface area contributed by atoms with Crippen molar-refractivity contribution in [3.63, 3.8) is 0 Å². The first-order chi connectivity index (χ1) is 4.70. The lowest BCUT2D eigenvalue weighted by molar-refractivity contribution is -0.123. The molecule has 0 aromatic rings. The van der Waals surface area contributed by atoms with E-state index in [4.69, 9.17) is 0 Å². The molecule has 4 atom stereocenters. The molecule has 0 spiro atoms. The Kier molecular flexibility index (Phi) is 1.27. The normalized spacial score (nSPS) is 51.6. The molecule has 2 aliphatic rings. The van der Waals surface area contributed by atoms with Crippen molar-refractivity contribution >= 4 is 21.8 Å². The standard InChI is InChI=1S/C6H7BrFNO/c7-3-1-2-4(8)5(3)9-6(2)10/h2-5H,1H2,(H,9,10)/t2-,3-,4+,5+/m0/s1. The van der Waals surface area contributed by atoms with E-state index in [1.54, 1.807) is 0 Å². The van der Waals surface area contributed by atoms with Crippen LogP contribution < -0.4 is 5.32 Å². The lowest BCUT2D eigenvalue weighted by Crippen LogP contribution is -2.38. The van der Waals surface area contributed by atoms with Crippen molar-refractivity contribution in [3.8, 4) is 0 Å². The maximum atomic E-state index is 13.0. The van der Waals surface area contributed by atoms with Crippen molar-refractivity contribution in [2.24, 2.45) is 5.92 Å². The first-order valence-corrected chi connectivity index (χ1v) is 4.20. The van der Waals surface area contributed by atoms with Gasteiger partial charge < -0.3 is 5.32 Å². The molecule has 1 aliphatic carbocycles. The number of alkyl halides is 2. The van der Waals surface area contributed by atoms with Gasteiger partial charge in [-0.2, -0.15) is 0 Å². The van der Waals surface area contributed by atoms with Crippen molar-refractivity contribution in [2.45, 2.75) is 23.5 Å².